The summed E-state index contributed by atoms with van der Waals surface area (Å²) in [5.74, 6) is 0. The molecule has 78 valence electrons. The van der Waals surface area contributed by atoms with Crippen molar-refractivity contribution in [1.29, 1.82) is 5.26 Å². The second-order valence-corrected chi connectivity index (χ2v) is 3.65. The molecular formula is C11H14N4. The first kappa shape index (κ1) is 10.1. The zero-order valence-corrected chi connectivity index (χ0v) is 8.61. The van der Waals surface area contributed by atoms with Crippen LogP contribution in [0.1, 0.15) is 11.3 Å². The highest BCUT2D eigenvalue weighted by Gasteiger charge is 2.11. The van der Waals surface area contributed by atoms with Crippen LogP contribution in [0, 0.1) is 11.3 Å². The predicted molar refractivity (Wildman–Crippen MR) is 57.1 cm³/mol. The van der Waals surface area contributed by atoms with Gasteiger partial charge in [0.2, 0.25) is 0 Å². The molecule has 1 aromatic rings. The summed E-state index contributed by atoms with van der Waals surface area (Å²) in [4.78, 5) is 6.40. The average Bonchev–Trinajstić information content (AvgIpc) is 2.31. The largest absolute Gasteiger partial charge is 0.314 e. The summed E-state index contributed by atoms with van der Waals surface area (Å²) in [6.45, 7) is 4.97. The van der Waals surface area contributed by atoms with Crippen LogP contribution in [-0.2, 0) is 6.54 Å². The van der Waals surface area contributed by atoms with Crippen molar-refractivity contribution < 1.29 is 0 Å². The Morgan fingerprint density at radius 1 is 1.47 bits per heavy atom. The van der Waals surface area contributed by atoms with Crippen LogP contribution in [0.25, 0.3) is 0 Å². The summed E-state index contributed by atoms with van der Waals surface area (Å²) in [5, 5.41) is 12.2. The SMILES string of the molecule is N#Cc1ncccc1CN1CCNCC1. The van der Waals surface area contributed by atoms with Crippen molar-refractivity contribution in [3.8, 4) is 6.07 Å². The van der Waals surface area contributed by atoms with E-state index in [1.165, 1.54) is 0 Å². The Morgan fingerprint density at radius 2 is 2.27 bits per heavy atom. The molecule has 0 aromatic carbocycles. The minimum absolute atomic E-state index is 0.552. The van der Waals surface area contributed by atoms with Gasteiger partial charge in [0.25, 0.3) is 0 Å². The van der Waals surface area contributed by atoms with Gasteiger partial charge in [-0.05, 0) is 6.07 Å². The van der Waals surface area contributed by atoms with Crippen molar-refractivity contribution in [2.75, 3.05) is 26.2 Å². The first-order chi connectivity index (χ1) is 7.40. The van der Waals surface area contributed by atoms with Crippen LogP contribution in [-0.4, -0.2) is 36.1 Å². The monoisotopic (exact) mass is 202 g/mol. The van der Waals surface area contributed by atoms with Crippen LogP contribution in [0.2, 0.25) is 0 Å². The van der Waals surface area contributed by atoms with Gasteiger partial charge >= 0.3 is 0 Å². The molecule has 0 aliphatic carbocycles. The summed E-state index contributed by atoms with van der Waals surface area (Å²) in [7, 11) is 0. The molecule has 15 heavy (non-hydrogen) atoms. The van der Waals surface area contributed by atoms with Gasteiger partial charge in [-0.2, -0.15) is 5.26 Å². The molecule has 1 N–H and O–H groups in total. The predicted octanol–water partition coefficient (Wildman–Crippen LogP) is 0.358. The fourth-order valence-electron chi connectivity index (χ4n) is 1.78. The molecule has 0 spiro atoms. The normalized spacial score (nSPS) is 17.3. The average molecular weight is 202 g/mol. The summed E-state index contributed by atoms with van der Waals surface area (Å²) >= 11 is 0. The van der Waals surface area contributed by atoms with E-state index in [1.54, 1.807) is 6.20 Å². The number of nitrogens with one attached hydrogen (secondary N) is 1. The third-order valence-electron chi connectivity index (χ3n) is 2.60. The lowest BCUT2D eigenvalue weighted by Gasteiger charge is -2.27. The molecule has 2 heterocycles. The number of nitriles is 1. The molecule has 1 fully saturated rings. The number of rotatable bonds is 2. The Morgan fingerprint density at radius 3 is 3.00 bits per heavy atom. The highest BCUT2D eigenvalue weighted by Crippen LogP contribution is 2.08. The third kappa shape index (κ3) is 2.52. The van der Waals surface area contributed by atoms with Gasteiger partial charge in [0.15, 0.2) is 0 Å². The summed E-state index contributed by atoms with van der Waals surface area (Å²) < 4.78 is 0. The van der Waals surface area contributed by atoms with Crippen molar-refractivity contribution in [3.63, 3.8) is 0 Å². The Labute approximate surface area is 89.5 Å². The quantitative estimate of drug-likeness (QED) is 0.752. The minimum Gasteiger partial charge on any atom is -0.314 e. The molecular weight excluding hydrogens is 188 g/mol. The molecule has 0 bridgehead atoms. The van der Waals surface area contributed by atoms with Crippen molar-refractivity contribution in [3.05, 3.63) is 29.6 Å². The smallest absolute Gasteiger partial charge is 0.144 e. The van der Waals surface area contributed by atoms with E-state index in [0.29, 0.717) is 5.69 Å². The second-order valence-electron chi connectivity index (χ2n) is 3.65. The molecule has 0 unspecified atom stereocenters. The molecule has 4 heteroatoms. The lowest BCUT2D eigenvalue weighted by atomic mass is 10.2. The van der Waals surface area contributed by atoms with Gasteiger partial charge in [0.1, 0.15) is 11.8 Å². The fourth-order valence-corrected chi connectivity index (χ4v) is 1.78. The summed E-state index contributed by atoms with van der Waals surface area (Å²) in [6, 6.07) is 6.00. The fraction of sp³-hybridized carbons (Fsp3) is 0.455. The Balaban J connectivity index is 2.06. The molecule has 1 aromatic heterocycles. The zero-order chi connectivity index (χ0) is 10.5. The van der Waals surface area contributed by atoms with Crippen LogP contribution < -0.4 is 5.32 Å². The molecule has 2 rings (SSSR count). The highest BCUT2D eigenvalue weighted by atomic mass is 15.2. The van der Waals surface area contributed by atoms with Gasteiger partial charge in [-0.15, -0.1) is 0 Å². The molecule has 1 aliphatic rings. The first-order valence-electron chi connectivity index (χ1n) is 5.17. The number of hydrogen-bond donors (Lipinski definition) is 1. The van der Waals surface area contributed by atoms with Gasteiger partial charge in [0, 0.05) is 44.5 Å². The lowest BCUT2D eigenvalue weighted by molar-refractivity contribution is 0.233. The maximum absolute atomic E-state index is 8.90. The Hall–Kier alpha value is -1.44. The molecule has 1 saturated heterocycles. The van der Waals surface area contributed by atoms with E-state index in [-0.39, 0.29) is 0 Å². The van der Waals surface area contributed by atoms with E-state index in [9.17, 15) is 0 Å². The van der Waals surface area contributed by atoms with Gasteiger partial charge < -0.3 is 5.32 Å². The maximum Gasteiger partial charge on any atom is 0.144 e. The second kappa shape index (κ2) is 4.87. The van der Waals surface area contributed by atoms with Crippen molar-refractivity contribution in [2.45, 2.75) is 6.54 Å². The van der Waals surface area contributed by atoms with Crippen molar-refractivity contribution in [1.82, 2.24) is 15.2 Å². The topological polar surface area (TPSA) is 52.0 Å². The van der Waals surface area contributed by atoms with Crippen molar-refractivity contribution in [2.24, 2.45) is 0 Å². The third-order valence-corrected chi connectivity index (χ3v) is 2.60. The zero-order valence-electron chi connectivity index (χ0n) is 8.61. The van der Waals surface area contributed by atoms with E-state index >= 15 is 0 Å². The number of nitrogens with zero attached hydrogens (tertiary/aromatic N) is 3. The van der Waals surface area contributed by atoms with Crippen LogP contribution in [0.15, 0.2) is 18.3 Å². The molecule has 0 radical (unpaired) electrons. The van der Waals surface area contributed by atoms with E-state index in [2.05, 4.69) is 21.3 Å². The summed E-state index contributed by atoms with van der Waals surface area (Å²) in [5.41, 5.74) is 1.58. The van der Waals surface area contributed by atoms with Crippen LogP contribution in [0.4, 0.5) is 0 Å². The minimum atomic E-state index is 0.552. The molecule has 1 aliphatic heterocycles. The van der Waals surface area contributed by atoms with Gasteiger partial charge in [-0.25, -0.2) is 4.98 Å². The number of pyridine rings is 1. The highest BCUT2D eigenvalue weighted by molar-refractivity contribution is 5.30. The summed E-state index contributed by atoms with van der Waals surface area (Å²) in [6.07, 6.45) is 1.67. The van der Waals surface area contributed by atoms with Crippen LogP contribution >= 0.6 is 0 Å². The standard InChI is InChI=1S/C11H14N4/c12-8-11-10(2-1-3-14-11)9-15-6-4-13-5-7-15/h1-3,13H,4-7,9H2. The van der Waals surface area contributed by atoms with E-state index in [0.717, 1.165) is 38.3 Å². The molecule has 4 nitrogen and oxygen atoms in total. The Bertz CT molecular complexity index is 363. The molecule has 0 saturated carbocycles. The molecule has 0 amide bonds. The number of aromatic nitrogens is 1. The van der Waals surface area contributed by atoms with E-state index in [4.69, 9.17) is 5.26 Å². The number of piperazine rings is 1. The first-order valence-corrected chi connectivity index (χ1v) is 5.17. The van der Waals surface area contributed by atoms with Gasteiger partial charge in [-0.3, -0.25) is 4.90 Å². The molecule has 0 atom stereocenters. The van der Waals surface area contributed by atoms with E-state index < -0.39 is 0 Å². The van der Waals surface area contributed by atoms with Crippen LogP contribution in [0.5, 0.6) is 0 Å². The van der Waals surface area contributed by atoms with Gasteiger partial charge in [0.05, 0.1) is 0 Å². The van der Waals surface area contributed by atoms with E-state index in [1.807, 2.05) is 12.1 Å². The maximum atomic E-state index is 8.90. The Kier molecular flexibility index (Phi) is 3.28. The van der Waals surface area contributed by atoms with Gasteiger partial charge in [-0.1, -0.05) is 6.07 Å². The lowest BCUT2D eigenvalue weighted by Crippen LogP contribution is -2.43. The number of hydrogen-bond acceptors (Lipinski definition) is 4. The van der Waals surface area contributed by atoms with Crippen LogP contribution in [0.3, 0.4) is 0 Å². The van der Waals surface area contributed by atoms with Crippen molar-refractivity contribution >= 4 is 0 Å².